The van der Waals surface area contributed by atoms with Crippen molar-refractivity contribution < 1.29 is 4.52 Å². The average molecular weight is 287 g/mol. The molecule has 1 aromatic rings. The molecule has 1 aliphatic rings. The Morgan fingerprint density at radius 1 is 1.33 bits per heavy atom. The van der Waals surface area contributed by atoms with E-state index < -0.39 is 0 Å². The molecule has 2 unspecified atom stereocenters. The highest BCUT2D eigenvalue weighted by Gasteiger charge is 2.30. The molecule has 1 aliphatic heterocycles. The third-order valence-electron chi connectivity index (χ3n) is 2.89. The van der Waals surface area contributed by atoms with Gasteiger partial charge in [0.25, 0.3) is 0 Å². The van der Waals surface area contributed by atoms with Crippen molar-refractivity contribution in [3.05, 3.63) is 11.7 Å². The standard InChI is InChI=1S/C12H21N3OS2/c1-3-5-13-8-10-14-12(15-16-10)11-9(4-2)17-6-7-18-11/h9,11,13H,3-8H2,1-2H3. The summed E-state index contributed by atoms with van der Waals surface area (Å²) in [4.78, 5) is 4.53. The van der Waals surface area contributed by atoms with Crippen molar-refractivity contribution in [2.75, 3.05) is 18.1 Å². The SMILES string of the molecule is CCCNCc1nc(C2SCCSC2CC)no1. The molecule has 0 radical (unpaired) electrons. The van der Waals surface area contributed by atoms with Crippen molar-refractivity contribution in [3.63, 3.8) is 0 Å². The van der Waals surface area contributed by atoms with E-state index in [1.807, 2.05) is 23.5 Å². The van der Waals surface area contributed by atoms with E-state index in [1.165, 1.54) is 17.9 Å². The van der Waals surface area contributed by atoms with Gasteiger partial charge in [-0.2, -0.15) is 16.7 Å². The van der Waals surface area contributed by atoms with Crippen LogP contribution in [0.25, 0.3) is 0 Å². The summed E-state index contributed by atoms with van der Waals surface area (Å²) >= 11 is 4.00. The maximum Gasteiger partial charge on any atom is 0.240 e. The molecule has 0 aromatic carbocycles. The smallest absolute Gasteiger partial charge is 0.240 e. The summed E-state index contributed by atoms with van der Waals surface area (Å²) in [6.45, 7) is 6.06. The molecule has 1 fully saturated rings. The molecule has 1 N–H and O–H groups in total. The van der Waals surface area contributed by atoms with Gasteiger partial charge in [-0.25, -0.2) is 0 Å². The first kappa shape index (κ1) is 14.2. The Morgan fingerprint density at radius 2 is 2.17 bits per heavy atom. The highest BCUT2D eigenvalue weighted by Crippen LogP contribution is 2.42. The van der Waals surface area contributed by atoms with Crippen molar-refractivity contribution in [2.24, 2.45) is 0 Å². The Hall–Kier alpha value is -0.200. The molecular formula is C12H21N3OS2. The summed E-state index contributed by atoms with van der Waals surface area (Å²) in [5.74, 6) is 4.02. The van der Waals surface area contributed by atoms with Crippen LogP contribution < -0.4 is 5.32 Å². The second-order valence-corrected chi connectivity index (χ2v) is 6.93. The van der Waals surface area contributed by atoms with Crippen molar-refractivity contribution in [3.8, 4) is 0 Å². The van der Waals surface area contributed by atoms with Crippen molar-refractivity contribution >= 4 is 23.5 Å². The molecule has 0 amide bonds. The van der Waals surface area contributed by atoms with Gasteiger partial charge in [0.05, 0.1) is 11.8 Å². The molecule has 0 bridgehead atoms. The number of thioether (sulfide) groups is 2. The monoisotopic (exact) mass is 287 g/mol. The number of rotatable bonds is 6. The Kier molecular flexibility index (Phi) is 5.85. The van der Waals surface area contributed by atoms with Gasteiger partial charge in [0.2, 0.25) is 5.89 Å². The van der Waals surface area contributed by atoms with E-state index in [1.54, 1.807) is 0 Å². The first-order valence-electron chi connectivity index (χ1n) is 6.61. The maximum atomic E-state index is 5.31. The minimum atomic E-state index is 0.400. The zero-order valence-corrected chi connectivity index (χ0v) is 12.6. The van der Waals surface area contributed by atoms with E-state index >= 15 is 0 Å². The second-order valence-electron chi connectivity index (χ2n) is 4.33. The van der Waals surface area contributed by atoms with Crippen LogP contribution in [0.1, 0.15) is 43.7 Å². The topological polar surface area (TPSA) is 51.0 Å². The molecule has 0 aliphatic carbocycles. The lowest BCUT2D eigenvalue weighted by Crippen LogP contribution is -2.19. The highest BCUT2D eigenvalue weighted by molar-refractivity contribution is 8.06. The van der Waals surface area contributed by atoms with E-state index in [-0.39, 0.29) is 0 Å². The quantitative estimate of drug-likeness (QED) is 0.812. The van der Waals surface area contributed by atoms with Crippen LogP contribution in [-0.4, -0.2) is 33.4 Å². The van der Waals surface area contributed by atoms with E-state index in [0.29, 0.717) is 22.9 Å². The van der Waals surface area contributed by atoms with Crippen LogP contribution in [0, 0.1) is 0 Å². The van der Waals surface area contributed by atoms with E-state index in [2.05, 4.69) is 29.3 Å². The molecule has 18 heavy (non-hydrogen) atoms. The Balaban J connectivity index is 1.95. The van der Waals surface area contributed by atoms with Gasteiger partial charge >= 0.3 is 0 Å². The molecule has 2 heterocycles. The summed E-state index contributed by atoms with van der Waals surface area (Å²) in [6, 6.07) is 0. The molecule has 0 spiro atoms. The number of aromatic nitrogens is 2. The van der Waals surface area contributed by atoms with Crippen molar-refractivity contribution in [1.82, 2.24) is 15.5 Å². The molecule has 1 aromatic heterocycles. The second kappa shape index (κ2) is 7.40. The van der Waals surface area contributed by atoms with Gasteiger partial charge in [-0.1, -0.05) is 19.0 Å². The van der Waals surface area contributed by atoms with Crippen LogP contribution in [0.3, 0.4) is 0 Å². The van der Waals surface area contributed by atoms with Gasteiger partial charge in [-0.15, -0.1) is 11.8 Å². The van der Waals surface area contributed by atoms with Crippen LogP contribution in [0.4, 0.5) is 0 Å². The zero-order chi connectivity index (χ0) is 12.8. The molecule has 6 heteroatoms. The first-order valence-corrected chi connectivity index (χ1v) is 8.71. The van der Waals surface area contributed by atoms with Crippen molar-refractivity contribution in [1.29, 1.82) is 0 Å². The van der Waals surface area contributed by atoms with Crippen LogP contribution in [0.2, 0.25) is 0 Å². The lowest BCUT2D eigenvalue weighted by Gasteiger charge is -2.27. The minimum absolute atomic E-state index is 0.400. The predicted octanol–water partition coefficient (Wildman–Crippen LogP) is 2.87. The third-order valence-corrected chi connectivity index (χ3v) is 6.14. The fourth-order valence-electron chi connectivity index (χ4n) is 1.97. The van der Waals surface area contributed by atoms with Gasteiger partial charge < -0.3 is 9.84 Å². The molecule has 4 nitrogen and oxygen atoms in total. The van der Waals surface area contributed by atoms with Gasteiger partial charge in [0.15, 0.2) is 5.82 Å². The molecule has 2 rings (SSSR count). The van der Waals surface area contributed by atoms with Gasteiger partial charge in [-0.05, 0) is 19.4 Å². The highest BCUT2D eigenvalue weighted by atomic mass is 32.2. The van der Waals surface area contributed by atoms with E-state index in [4.69, 9.17) is 4.52 Å². The predicted molar refractivity (Wildman–Crippen MR) is 78.0 cm³/mol. The van der Waals surface area contributed by atoms with Crippen LogP contribution >= 0.6 is 23.5 Å². The Morgan fingerprint density at radius 3 is 2.94 bits per heavy atom. The van der Waals surface area contributed by atoms with Crippen LogP contribution in [0.15, 0.2) is 4.52 Å². The van der Waals surface area contributed by atoms with Gasteiger partial charge in [0.1, 0.15) is 0 Å². The number of nitrogens with zero attached hydrogens (tertiary/aromatic N) is 2. The summed E-state index contributed by atoms with van der Waals surface area (Å²) in [6.07, 6.45) is 2.29. The molecular weight excluding hydrogens is 266 g/mol. The molecule has 0 saturated carbocycles. The number of hydrogen-bond donors (Lipinski definition) is 1. The fraction of sp³-hybridized carbons (Fsp3) is 0.833. The Bertz CT molecular complexity index is 359. The van der Waals surface area contributed by atoms with Crippen molar-refractivity contribution in [2.45, 2.75) is 43.7 Å². The normalized spacial score (nSPS) is 24.3. The third kappa shape index (κ3) is 3.65. The van der Waals surface area contributed by atoms with Crippen LogP contribution in [-0.2, 0) is 6.54 Å². The summed E-state index contributed by atoms with van der Waals surface area (Å²) in [5, 5.41) is 8.46. The van der Waals surface area contributed by atoms with Gasteiger partial charge in [0, 0.05) is 16.8 Å². The van der Waals surface area contributed by atoms with Gasteiger partial charge in [-0.3, -0.25) is 0 Å². The van der Waals surface area contributed by atoms with E-state index in [9.17, 15) is 0 Å². The fourth-order valence-corrected chi connectivity index (χ4v) is 4.95. The summed E-state index contributed by atoms with van der Waals surface area (Å²) < 4.78 is 5.31. The number of hydrogen-bond acceptors (Lipinski definition) is 6. The minimum Gasteiger partial charge on any atom is -0.338 e. The largest absolute Gasteiger partial charge is 0.338 e. The van der Waals surface area contributed by atoms with E-state index in [0.717, 1.165) is 18.8 Å². The maximum absolute atomic E-state index is 5.31. The molecule has 2 atom stereocenters. The lowest BCUT2D eigenvalue weighted by molar-refractivity contribution is 0.362. The lowest BCUT2D eigenvalue weighted by atomic mass is 10.2. The molecule has 1 saturated heterocycles. The summed E-state index contributed by atoms with van der Waals surface area (Å²) in [7, 11) is 0. The summed E-state index contributed by atoms with van der Waals surface area (Å²) in [5.41, 5.74) is 0. The Labute approximate surface area is 117 Å². The molecule has 102 valence electrons. The average Bonchev–Trinajstić information content (AvgIpc) is 2.88. The zero-order valence-electron chi connectivity index (χ0n) is 11.0. The first-order chi connectivity index (χ1) is 8.85. The van der Waals surface area contributed by atoms with Crippen LogP contribution in [0.5, 0.6) is 0 Å². The number of nitrogens with one attached hydrogen (secondary N) is 1.